The van der Waals surface area contributed by atoms with Gasteiger partial charge in [-0.25, -0.2) is 0 Å². The van der Waals surface area contributed by atoms with Crippen molar-refractivity contribution in [3.63, 3.8) is 0 Å². The van der Waals surface area contributed by atoms with E-state index in [0.717, 1.165) is 70.6 Å². The van der Waals surface area contributed by atoms with E-state index in [1.165, 1.54) is 11.1 Å². The summed E-state index contributed by atoms with van der Waals surface area (Å²) in [6, 6.07) is 44.4. The van der Waals surface area contributed by atoms with E-state index in [1.807, 2.05) is 12.1 Å². The predicted octanol–water partition coefficient (Wildman–Crippen LogP) is 11.2. The van der Waals surface area contributed by atoms with Gasteiger partial charge in [-0.2, -0.15) is 0 Å². The molecule has 0 saturated carbocycles. The number of rotatable bonds is 3. The van der Waals surface area contributed by atoms with Crippen LogP contribution >= 0.6 is 15.9 Å². The second-order valence-corrected chi connectivity index (χ2v) is 10.7. The van der Waals surface area contributed by atoms with Gasteiger partial charge in [0, 0.05) is 42.7 Å². The smallest absolute Gasteiger partial charge is 0.143 e. The normalized spacial score (nSPS) is 11.7. The first-order valence-electron chi connectivity index (χ1n) is 13.0. The van der Waals surface area contributed by atoms with Gasteiger partial charge < -0.3 is 8.83 Å². The first-order valence-corrected chi connectivity index (χ1v) is 13.8. The van der Waals surface area contributed by atoms with E-state index in [9.17, 15) is 0 Å². The van der Waals surface area contributed by atoms with Crippen molar-refractivity contribution in [1.82, 2.24) is 0 Å². The largest absolute Gasteiger partial charge is 0.455 e. The lowest BCUT2D eigenvalue weighted by Crippen LogP contribution is -1.81. The Morgan fingerprint density at radius 2 is 0.821 bits per heavy atom. The number of benzene rings is 6. The van der Waals surface area contributed by atoms with Crippen molar-refractivity contribution in [3.05, 3.63) is 132 Å². The molecule has 39 heavy (non-hydrogen) atoms. The maximum absolute atomic E-state index is 6.73. The van der Waals surface area contributed by atoms with Gasteiger partial charge in [0.1, 0.15) is 22.3 Å². The summed E-state index contributed by atoms with van der Waals surface area (Å²) in [6.07, 6.45) is 0. The minimum absolute atomic E-state index is 0.874. The molecule has 2 heterocycles. The molecule has 3 heteroatoms. The van der Waals surface area contributed by atoms with Gasteiger partial charge >= 0.3 is 0 Å². The number of para-hydroxylation sites is 4. The molecule has 0 unspecified atom stereocenters. The van der Waals surface area contributed by atoms with Crippen LogP contribution in [0.3, 0.4) is 0 Å². The molecule has 0 amide bonds. The van der Waals surface area contributed by atoms with E-state index in [2.05, 4.69) is 131 Å². The van der Waals surface area contributed by atoms with Crippen LogP contribution in [0.25, 0.3) is 77.3 Å². The summed E-state index contributed by atoms with van der Waals surface area (Å²) < 4.78 is 14.2. The second-order valence-electron chi connectivity index (χ2n) is 9.83. The summed E-state index contributed by atoms with van der Waals surface area (Å²) in [6.45, 7) is 0. The summed E-state index contributed by atoms with van der Waals surface area (Å²) in [5.74, 6) is 0. The highest BCUT2D eigenvalue weighted by atomic mass is 79.9. The molecule has 0 aliphatic carbocycles. The van der Waals surface area contributed by atoms with Gasteiger partial charge in [0.05, 0.1) is 0 Å². The van der Waals surface area contributed by atoms with Crippen molar-refractivity contribution in [2.75, 3.05) is 0 Å². The SMILES string of the molecule is Brc1ccc(-c2ccc(-c3cccc4c3oc3c(-c5cccc6c5oc5ccccc56)cccc34)cc2)cc1. The van der Waals surface area contributed by atoms with Gasteiger partial charge in [0.15, 0.2) is 0 Å². The van der Waals surface area contributed by atoms with Crippen LogP contribution < -0.4 is 0 Å². The maximum Gasteiger partial charge on any atom is 0.143 e. The van der Waals surface area contributed by atoms with Crippen LogP contribution in [0.15, 0.2) is 141 Å². The third kappa shape index (κ3) is 3.54. The van der Waals surface area contributed by atoms with Gasteiger partial charge in [-0.3, -0.25) is 0 Å². The summed E-state index contributed by atoms with van der Waals surface area (Å²) in [7, 11) is 0. The van der Waals surface area contributed by atoms with E-state index in [1.54, 1.807) is 0 Å². The van der Waals surface area contributed by atoms with E-state index in [0.29, 0.717) is 0 Å². The van der Waals surface area contributed by atoms with Crippen LogP contribution in [0.4, 0.5) is 0 Å². The van der Waals surface area contributed by atoms with Crippen LogP contribution in [0.2, 0.25) is 0 Å². The third-order valence-electron chi connectivity index (χ3n) is 7.59. The molecule has 0 atom stereocenters. The molecule has 0 radical (unpaired) electrons. The molecule has 0 aliphatic heterocycles. The zero-order valence-corrected chi connectivity index (χ0v) is 22.4. The minimum Gasteiger partial charge on any atom is -0.455 e. The first-order chi connectivity index (χ1) is 19.2. The Morgan fingerprint density at radius 3 is 1.49 bits per heavy atom. The zero-order valence-electron chi connectivity index (χ0n) is 20.8. The Balaban J connectivity index is 1.30. The van der Waals surface area contributed by atoms with E-state index in [4.69, 9.17) is 8.83 Å². The lowest BCUT2D eigenvalue weighted by atomic mass is 9.98. The fraction of sp³-hybridized carbons (Fsp3) is 0. The quantitative estimate of drug-likeness (QED) is 0.213. The molecule has 0 fully saturated rings. The predicted molar refractivity (Wildman–Crippen MR) is 165 cm³/mol. The van der Waals surface area contributed by atoms with Crippen molar-refractivity contribution >= 4 is 59.8 Å². The van der Waals surface area contributed by atoms with Crippen LogP contribution in [0.5, 0.6) is 0 Å². The average Bonchev–Trinajstić information content (AvgIpc) is 3.56. The van der Waals surface area contributed by atoms with E-state index in [-0.39, 0.29) is 0 Å². The topological polar surface area (TPSA) is 26.3 Å². The lowest BCUT2D eigenvalue weighted by molar-refractivity contribution is 0.665. The highest BCUT2D eigenvalue weighted by molar-refractivity contribution is 9.10. The van der Waals surface area contributed by atoms with Crippen LogP contribution in [0, 0.1) is 0 Å². The Bertz CT molecular complexity index is 2160. The number of hydrogen-bond donors (Lipinski definition) is 0. The molecule has 2 nitrogen and oxygen atoms in total. The Morgan fingerprint density at radius 1 is 0.359 bits per heavy atom. The number of hydrogen-bond acceptors (Lipinski definition) is 2. The Kier molecular flexibility index (Phi) is 5.01. The summed E-state index contributed by atoms with van der Waals surface area (Å²) in [4.78, 5) is 0. The molecule has 8 rings (SSSR count). The Hall–Kier alpha value is -4.60. The summed E-state index contributed by atoms with van der Waals surface area (Å²) in [5.41, 5.74) is 10.2. The molecule has 8 aromatic rings. The van der Waals surface area contributed by atoms with Crippen molar-refractivity contribution < 1.29 is 8.83 Å². The average molecular weight is 565 g/mol. The van der Waals surface area contributed by atoms with Crippen molar-refractivity contribution in [1.29, 1.82) is 0 Å². The monoisotopic (exact) mass is 564 g/mol. The third-order valence-corrected chi connectivity index (χ3v) is 8.12. The van der Waals surface area contributed by atoms with Crippen molar-refractivity contribution in [3.8, 4) is 33.4 Å². The van der Waals surface area contributed by atoms with E-state index < -0.39 is 0 Å². The molecule has 184 valence electrons. The molecular weight excluding hydrogens is 544 g/mol. The van der Waals surface area contributed by atoms with Crippen LogP contribution in [-0.2, 0) is 0 Å². The van der Waals surface area contributed by atoms with Gasteiger partial charge in [-0.05, 0) is 34.9 Å². The second kappa shape index (κ2) is 8.72. The molecule has 0 spiro atoms. The Labute approximate surface area is 233 Å². The maximum atomic E-state index is 6.73. The lowest BCUT2D eigenvalue weighted by Gasteiger charge is -2.06. The molecule has 0 saturated heterocycles. The molecule has 2 aromatic heterocycles. The van der Waals surface area contributed by atoms with Crippen LogP contribution in [0.1, 0.15) is 0 Å². The molecule has 0 N–H and O–H groups in total. The standard InChI is InChI=1S/C36H21BrO2/c37-25-20-18-23(19-21-25)22-14-16-24(17-15-22)26-7-3-9-29-31-11-5-12-32(36(31)39-34(26)29)30-10-4-8-28-27-6-1-2-13-33(27)38-35(28)30/h1-21H. The fourth-order valence-electron chi connectivity index (χ4n) is 5.70. The molecule has 0 aliphatic rings. The van der Waals surface area contributed by atoms with Crippen LogP contribution in [-0.4, -0.2) is 0 Å². The van der Waals surface area contributed by atoms with Gasteiger partial charge in [0.25, 0.3) is 0 Å². The molecule has 6 aromatic carbocycles. The summed E-state index contributed by atoms with van der Waals surface area (Å²) >= 11 is 3.52. The van der Waals surface area contributed by atoms with E-state index >= 15 is 0 Å². The zero-order chi connectivity index (χ0) is 25.9. The van der Waals surface area contributed by atoms with Gasteiger partial charge in [-0.15, -0.1) is 0 Å². The van der Waals surface area contributed by atoms with Crippen molar-refractivity contribution in [2.24, 2.45) is 0 Å². The van der Waals surface area contributed by atoms with Gasteiger partial charge in [0.2, 0.25) is 0 Å². The molecular formula is C36H21BrO2. The highest BCUT2D eigenvalue weighted by Gasteiger charge is 2.18. The highest BCUT2D eigenvalue weighted by Crippen LogP contribution is 2.43. The number of fused-ring (bicyclic) bond motifs is 6. The first kappa shape index (κ1) is 22.4. The minimum atomic E-state index is 0.874. The fourth-order valence-corrected chi connectivity index (χ4v) is 5.97. The van der Waals surface area contributed by atoms with Crippen molar-refractivity contribution in [2.45, 2.75) is 0 Å². The number of furan rings is 2. The molecule has 0 bridgehead atoms. The van der Waals surface area contributed by atoms with Gasteiger partial charge in [-0.1, -0.05) is 125 Å². The number of halogens is 1. The summed E-state index contributed by atoms with van der Waals surface area (Å²) in [5, 5.41) is 4.45.